The number of methoxy groups -OCH3 is 1. The van der Waals surface area contributed by atoms with Gasteiger partial charge in [-0.3, -0.25) is 4.98 Å². The summed E-state index contributed by atoms with van der Waals surface area (Å²) >= 11 is 0. The lowest BCUT2D eigenvalue weighted by Crippen LogP contribution is -2.09. The van der Waals surface area contributed by atoms with Crippen molar-refractivity contribution in [2.75, 3.05) is 12.4 Å². The summed E-state index contributed by atoms with van der Waals surface area (Å²) in [6.07, 6.45) is 1.72. The minimum atomic E-state index is -0.997. The normalized spacial score (nSPS) is 11.0. The van der Waals surface area contributed by atoms with Gasteiger partial charge >= 0.3 is 5.97 Å². The molecule has 0 amide bonds. The molecule has 0 saturated carbocycles. The number of nitrogens with one attached hydrogen (secondary N) is 1. The van der Waals surface area contributed by atoms with E-state index in [2.05, 4.69) is 10.3 Å². The van der Waals surface area contributed by atoms with Crippen molar-refractivity contribution in [2.45, 2.75) is 20.8 Å². The molecule has 5 rings (SSSR count). The average molecular weight is 479 g/mol. The lowest BCUT2D eigenvalue weighted by molar-refractivity contribution is 0.0698. The molecule has 0 radical (unpaired) electrons. The number of para-hydroxylation sites is 2. The SMILES string of the molecule is COc1ccnc2ccc(-c3c(C)nn(-c4ccccc4C)c3Nc3c(C)cccc3C(=O)O)cc12. The van der Waals surface area contributed by atoms with Crippen molar-refractivity contribution >= 4 is 28.4 Å². The topological polar surface area (TPSA) is 89.3 Å². The van der Waals surface area contributed by atoms with E-state index in [9.17, 15) is 9.90 Å². The molecule has 0 aliphatic rings. The van der Waals surface area contributed by atoms with Gasteiger partial charge in [0.1, 0.15) is 11.6 Å². The van der Waals surface area contributed by atoms with Gasteiger partial charge in [0, 0.05) is 17.1 Å². The van der Waals surface area contributed by atoms with E-state index in [4.69, 9.17) is 9.84 Å². The number of carboxylic acids is 1. The Bertz CT molecular complexity index is 1620. The van der Waals surface area contributed by atoms with Crippen LogP contribution in [0.5, 0.6) is 5.75 Å². The van der Waals surface area contributed by atoms with Crippen LogP contribution in [0, 0.1) is 20.8 Å². The average Bonchev–Trinajstić information content (AvgIpc) is 3.19. The number of aromatic carboxylic acids is 1. The zero-order valence-corrected chi connectivity index (χ0v) is 20.5. The summed E-state index contributed by atoms with van der Waals surface area (Å²) in [5.41, 5.74) is 6.89. The maximum absolute atomic E-state index is 12.1. The van der Waals surface area contributed by atoms with Gasteiger partial charge in [0.25, 0.3) is 0 Å². The van der Waals surface area contributed by atoms with E-state index in [1.807, 2.05) is 80.1 Å². The summed E-state index contributed by atoms with van der Waals surface area (Å²) in [6.45, 7) is 5.87. The van der Waals surface area contributed by atoms with Crippen LogP contribution in [0.25, 0.3) is 27.7 Å². The van der Waals surface area contributed by atoms with Crippen LogP contribution in [0.2, 0.25) is 0 Å². The van der Waals surface area contributed by atoms with E-state index in [1.165, 1.54) is 0 Å². The Hall–Kier alpha value is -4.65. The van der Waals surface area contributed by atoms with Gasteiger partial charge in [-0.1, -0.05) is 36.4 Å². The molecular weight excluding hydrogens is 452 g/mol. The molecule has 5 aromatic rings. The number of rotatable bonds is 6. The van der Waals surface area contributed by atoms with E-state index in [1.54, 1.807) is 25.4 Å². The third-order valence-electron chi connectivity index (χ3n) is 6.36. The van der Waals surface area contributed by atoms with E-state index in [-0.39, 0.29) is 5.56 Å². The van der Waals surface area contributed by atoms with Gasteiger partial charge in [-0.15, -0.1) is 0 Å². The first-order valence-corrected chi connectivity index (χ1v) is 11.6. The van der Waals surface area contributed by atoms with Gasteiger partial charge in [-0.25, -0.2) is 9.48 Å². The zero-order valence-electron chi connectivity index (χ0n) is 20.5. The molecule has 0 aliphatic carbocycles. The number of aromatic nitrogens is 3. The van der Waals surface area contributed by atoms with Gasteiger partial charge < -0.3 is 15.2 Å². The fourth-order valence-electron chi connectivity index (χ4n) is 4.55. The fraction of sp³-hybridized carbons (Fsp3) is 0.138. The molecule has 0 saturated heterocycles. The molecule has 180 valence electrons. The molecule has 0 bridgehead atoms. The Morgan fingerprint density at radius 2 is 1.75 bits per heavy atom. The predicted octanol–water partition coefficient (Wildman–Crippen LogP) is 6.46. The quantitative estimate of drug-likeness (QED) is 0.291. The zero-order chi connectivity index (χ0) is 25.4. The molecule has 0 fully saturated rings. The van der Waals surface area contributed by atoms with Crippen LogP contribution in [0.15, 0.2) is 72.9 Å². The Balaban J connectivity index is 1.79. The second kappa shape index (κ2) is 9.19. The van der Waals surface area contributed by atoms with Crippen molar-refractivity contribution in [1.82, 2.24) is 14.8 Å². The Morgan fingerprint density at radius 1 is 0.972 bits per heavy atom. The molecular formula is C29H26N4O3. The van der Waals surface area contributed by atoms with Gasteiger partial charge in [-0.2, -0.15) is 5.10 Å². The molecule has 3 aromatic carbocycles. The lowest BCUT2D eigenvalue weighted by atomic mass is 10.0. The molecule has 2 heterocycles. The molecule has 0 spiro atoms. The standard InChI is InChI=1S/C29H26N4O3/c1-17-8-5-6-11-24(17)33-28(31-27-18(2)9-7-10-21(27)29(34)35)26(19(3)32-33)20-12-13-23-22(16-20)25(36-4)14-15-30-23/h5-16,31H,1-4H3,(H,34,35). The molecule has 0 atom stereocenters. The van der Waals surface area contributed by atoms with Crippen LogP contribution in [0.3, 0.4) is 0 Å². The summed E-state index contributed by atoms with van der Waals surface area (Å²) in [7, 11) is 1.64. The van der Waals surface area contributed by atoms with Crippen LogP contribution in [-0.2, 0) is 0 Å². The highest BCUT2D eigenvalue weighted by molar-refractivity contribution is 5.98. The van der Waals surface area contributed by atoms with Crippen LogP contribution >= 0.6 is 0 Å². The second-order valence-electron chi connectivity index (χ2n) is 8.68. The minimum Gasteiger partial charge on any atom is -0.496 e. The first-order valence-electron chi connectivity index (χ1n) is 11.6. The number of hydrogen-bond acceptors (Lipinski definition) is 5. The van der Waals surface area contributed by atoms with E-state index in [0.29, 0.717) is 11.5 Å². The van der Waals surface area contributed by atoms with Crippen molar-refractivity contribution in [3.8, 4) is 22.6 Å². The molecule has 0 unspecified atom stereocenters. The van der Waals surface area contributed by atoms with Crippen LogP contribution in [0.4, 0.5) is 11.5 Å². The number of aryl methyl sites for hydroxylation is 3. The molecule has 2 N–H and O–H groups in total. The van der Waals surface area contributed by atoms with Crippen molar-refractivity contribution in [3.05, 3.63) is 95.3 Å². The van der Waals surface area contributed by atoms with Crippen LogP contribution < -0.4 is 10.1 Å². The Morgan fingerprint density at radius 3 is 2.50 bits per heavy atom. The Labute approximate surface area is 209 Å². The maximum Gasteiger partial charge on any atom is 0.337 e. The van der Waals surface area contributed by atoms with Crippen LogP contribution in [-0.4, -0.2) is 33.0 Å². The summed E-state index contributed by atoms with van der Waals surface area (Å²) in [6, 6.07) is 21.0. The van der Waals surface area contributed by atoms with E-state index >= 15 is 0 Å². The highest BCUT2D eigenvalue weighted by Crippen LogP contribution is 2.39. The number of hydrogen-bond donors (Lipinski definition) is 2. The molecule has 36 heavy (non-hydrogen) atoms. The van der Waals surface area contributed by atoms with E-state index in [0.717, 1.165) is 50.3 Å². The highest BCUT2D eigenvalue weighted by atomic mass is 16.5. The van der Waals surface area contributed by atoms with Crippen LogP contribution in [0.1, 0.15) is 27.2 Å². The molecule has 2 aromatic heterocycles. The third-order valence-corrected chi connectivity index (χ3v) is 6.36. The third kappa shape index (κ3) is 3.94. The number of ether oxygens (including phenoxy) is 1. The van der Waals surface area contributed by atoms with Crippen molar-refractivity contribution in [3.63, 3.8) is 0 Å². The van der Waals surface area contributed by atoms with Gasteiger partial charge in [-0.05, 0) is 67.8 Å². The number of carboxylic acid groups (broad SMARTS) is 1. The van der Waals surface area contributed by atoms with E-state index < -0.39 is 5.97 Å². The summed E-state index contributed by atoms with van der Waals surface area (Å²) in [5.74, 6) is 0.413. The number of carbonyl (C=O) groups is 1. The van der Waals surface area contributed by atoms with Gasteiger partial charge in [0.2, 0.25) is 0 Å². The fourth-order valence-corrected chi connectivity index (χ4v) is 4.55. The smallest absolute Gasteiger partial charge is 0.337 e. The van der Waals surface area contributed by atoms with Gasteiger partial charge in [0.15, 0.2) is 0 Å². The Kier molecular flexibility index (Phi) is 5.90. The summed E-state index contributed by atoms with van der Waals surface area (Å²) in [4.78, 5) is 16.5. The maximum atomic E-state index is 12.1. The number of benzene rings is 3. The van der Waals surface area contributed by atoms with Crippen molar-refractivity contribution in [1.29, 1.82) is 0 Å². The molecule has 0 aliphatic heterocycles. The largest absolute Gasteiger partial charge is 0.496 e. The second-order valence-corrected chi connectivity index (χ2v) is 8.68. The lowest BCUT2D eigenvalue weighted by Gasteiger charge is -2.17. The number of nitrogens with zero attached hydrogens (tertiary/aromatic N) is 3. The molecule has 7 nitrogen and oxygen atoms in total. The number of fused-ring (bicyclic) bond motifs is 1. The van der Waals surface area contributed by atoms with Crippen molar-refractivity contribution < 1.29 is 14.6 Å². The highest BCUT2D eigenvalue weighted by Gasteiger charge is 2.22. The monoisotopic (exact) mass is 478 g/mol. The summed E-state index contributed by atoms with van der Waals surface area (Å²) in [5, 5.41) is 19.1. The van der Waals surface area contributed by atoms with Gasteiger partial charge in [0.05, 0.1) is 35.3 Å². The molecule has 7 heteroatoms. The first kappa shape index (κ1) is 23.1. The summed E-state index contributed by atoms with van der Waals surface area (Å²) < 4.78 is 7.43. The van der Waals surface area contributed by atoms with Crippen molar-refractivity contribution in [2.24, 2.45) is 0 Å². The minimum absolute atomic E-state index is 0.195. The predicted molar refractivity (Wildman–Crippen MR) is 142 cm³/mol. The number of anilines is 2. The first-order chi connectivity index (χ1) is 17.4. The number of pyridine rings is 1.